The van der Waals surface area contributed by atoms with Crippen molar-refractivity contribution >= 4 is 11.4 Å². The van der Waals surface area contributed by atoms with Crippen LogP contribution in [0.4, 0.5) is 11.4 Å². The average molecular weight is 109 g/mol. The highest BCUT2D eigenvalue weighted by Gasteiger charge is 2.10. The molecule has 1 aliphatic heterocycles. The third kappa shape index (κ3) is 0.550. The number of nitrogens with one attached hydrogen (secondary N) is 1. The van der Waals surface area contributed by atoms with Gasteiger partial charge in [-0.2, -0.15) is 0 Å². The van der Waals surface area contributed by atoms with Crippen LogP contribution in [0.15, 0.2) is 24.3 Å². The van der Waals surface area contributed by atoms with Crippen LogP contribution >= 0.6 is 0 Å². The van der Waals surface area contributed by atoms with Crippen LogP contribution in [0, 0.1) is 0 Å². The molecule has 0 saturated carbocycles. The molecule has 0 spiro atoms. The minimum atomic E-state index is 0. The zero-order valence-electron chi connectivity index (χ0n) is 4.31. The van der Waals surface area contributed by atoms with Crippen molar-refractivity contribution in [2.24, 2.45) is 0 Å². The fourth-order valence-corrected chi connectivity index (χ4v) is 0.680. The Kier molecular flexibility index (Phi) is 0.954. The number of benzene rings is 1. The van der Waals surface area contributed by atoms with E-state index in [1.807, 2.05) is 12.1 Å². The number of hydrogen-bond acceptors (Lipinski definition) is 1. The number of rotatable bonds is 0. The van der Waals surface area contributed by atoms with E-state index in [9.17, 15) is 0 Å². The highest BCUT2D eigenvalue weighted by molar-refractivity contribution is 5.89. The van der Waals surface area contributed by atoms with E-state index < -0.39 is 0 Å². The van der Waals surface area contributed by atoms with Crippen LogP contribution in [-0.2, 0) is 0 Å². The van der Waals surface area contributed by atoms with Crippen LogP contribution in [-0.4, -0.2) is 5.48 Å². The standard InChI is InChI=1S/C6H5N.H2O/c1-2-4-6-5(3-1)7-6;/h1-4,7H;1H2. The van der Waals surface area contributed by atoms with Crippen molar-refractivity contribution in [3.8, 4) is 0 Å². The SMILES string of the molecule is O.c1ccc2c(c1)N2. The average Bonchev–Trinajstić information content (AvgIpc) is 2.41. The van der Waals surface area contributed by atoms with Gasteiger partial charge in [0.05, 0.1) is 11.4 Å². The Bertz CT molecular complexity index is 176. The van der Waals surface area contributed by atoms with Crippen molar-refractivity contribution in [3.63, 3.8) is 0 Å². The molecule has 0 aliphatic carbocycles. The van der Waals surface area contributed by atoms with Gasteiger partial charge in [-0.3, -0.25) is 0 Å². The van der Waals surface area contributed by atoms with Crippen molar-refractivity contribution in [1.29, 1.82) is 0 Å². The lowest BCUT2D eigenvalue weighted by Crippen LogP contribution is -1.43. The van der Waals surface area contributed by atoms with Gasteiger partial charge in [0.15, 0.2) is 0 Å². The largest absolute Gasteiger partial charge is 0.412 e. The Hall–Kier alpha value is -1.02. The summed E-state index contributed by atoms with van der Waals surface area (Å²) in [5.74, 6) is 0. The first kappa shape index (κ1) is 5.12. The van der Waals surface area contributed by atoms with Crippen LogP contribution < -0.4 is 5.32 Å². The fourth-order valence-electron chi connectivity index (χ4n) is 0.680. The van der Waals surface area contributed by atoms with Crippen LogP contribution in [0.25, 0.3) is 0 Å². The van der Waals surface area contributed by atoms with Gasteiger partial charge in [0.2, 0.25) is 0 Å². The molecule has 0 aromatic heterocycles. The Morgan fingerprint density at radius 3 is 1.88 bits per heavy atom. The van der Waals surface area contributed by atoms with E-state index in [0.717, 1.165) is 0 Å². The van der Waals surface area contributed by atoms with Gasteiger partial charge in [0.1, 0.15) is 0 Å². The molecule has 3 N–H and O–H groups in total. The van der Waals surface area contributed by atoms with Gasteiger partial charge in [0.25, 0.3) is 0 Å². The first-order valence-electron chi connectivity index (χ1n) is 2.33. The molecule has 2 nitrogen and oxygen atoms in total. The third-order valence-corrected chi connectivity index (χ3v) is 1.13. The quantitative estimate of drug-likeness (QED) is 0.502. The maximum atomic E-state index is 3.09. The minimum absolute atomic E-state index is 0. The molecule has 0 fully saturated rings. The molecular weight excluding hydrogens is 102 g/mol. The molecule has 1 heterocycles. The predicted molar refractivity (Wildman–Crippen MR) is 33.3 cm³/mol. The number of hydrogen-bond donors (Lipinski definition) is 1. The molecule has 42 valence electrons. The molecule has 2 rings (SSSR count). The summed E-state index contributed by atoms with van der Waals surface area (Å²) in [4.78, 5) is 0. The molecule has 8 heavy (non-hydrogen) atoms. The molecule has 1 aromatic rings. The monoisotopic (exact) mass is 109 g/mol. The maximum Gasteiger partial charge on any atom is 0.0624 e. The molecule has 0 bridgehead atoms. The molecule has 2 heteroatoms. The predicted octanol–water partition coefficient (Wildman–Crippen LogP) is 0.919. The maximum absolute atomic E-state index is 3.09. The van der Waals surface area contributed by atoms with Gasteiger partial charge in [-0.25, -0.2) is 0 Å². The lowest BCUT2D eigenvalue weighted by atomic mass is 10.4. The summed E-state index contributed by atoms with van der Waals surface area (Å²) in [7, 11) is 0. The van der Waals surface area contributed by atoms with Crippen molar-refractivity contribution in [1.82, 2.24) is 0 Å². The third-order valence-electron chi connectivity index (χ3n) is 1.13. The normalized spacial score (nSPS) is 10.5. The molecular formula is C6H7NO. The molecule has 1 aliphatic rings. The summed E-state index contributed by atoms with van der Waals surface area (Å²) in [5.41, 5.74) is 2.56. The molecule has 0 unspecified atom stereocenters. The number of para-hydroxylation sites is 2. The summed E-state index contributed by atoms with van der Waals surface area (Å²) in [6, 6.07) is 8.18. The summed E-state index contributed by atoms with van der Waals surface area (Å²) < 4.78 is 0. The highest BCUT2D eigenvalue weighted by atomic mass is 16.0. The molecule has 0 amide bonds. The Balaban J connectivity index is 0.000000320. The summed E-state index contributed by atoms with van der Waals surface area (Å²) in [6.07, 6.45) is 0. The van der Waals surface area contributed by atoms with Gasteiger partial charge in [-0.15, -0.1) is 0 Å². The molecule has 0 atom stereocenters. The van der Waals surface area contributed by atoms with Crippen LogP contribution in [0.1, 0.15) is 0 Å². The van der Waals surface area contributed by atoms with E-state index in [0.29, 0.717) is 0 Å². The second-order valence-electron chi connectivity index (χ2n) is 1.67. The van der Waals surface area contributed by atoms with Gasteiger partial charge in [-0.1, -0.05) is 12.1 Å². The van der Waals surface area contributed by atoms with E-state index in [2.05, 4.69) is 17.4 Å². The van der Waals surface area contributed by atoms with Gasteiger partial charge < -0.3 is 10.8 Å². The van der Waals surface area contributed by atoms with Crippen molar-refractivity contribution in [2.45, 2.75) is 0 Å². The van der Waals surface area contributed by atoms with Gasteiger partial charge >= 0.3 is 0 Å². The fraction of sp³-hybridized carbons (Fsp3) is 0. The van der Waals surface area contributed by atoms with Crippen molar-refractivity contribution in [2.75, 3.05) is 5.32 Å². The first-order valence-corrected chi connectivity index (χ1v) is 2.33. The summed E-state index contributed by atoms with van der Waals surface area (Å²) >= 11 is 0. The summed E-state index contributed by atoms with van der Waals surface area (Å²) in [6.45, 7) is 0. The highest BCUT2D eigenvalue weighted by Crippen LogP contribution is 2.36. The molecule has 1 aromatic carbocycles. The Morgan fingerprint density at radius 2 is 1.50 bits per heavy atom. The minimum Gasteiger partial charge on any atom is -0.412 e. The van der Waals surface area contributed by atoms with E-state index >= 15 is 0 Å². The smallest absolute Gasteiger partial charge is 0.0624 e. The molecule has 0 radical (unpaired) electrons. The van der Waals surface area contributed by atoms with Crippen LogP contribution in [0.3, 0.4) is 0 Å². The second-order valence-corrected chi connectivity index (χ2v) is 1.67. The number of fused-ring (bicyclic) bond motifs is 1. The Morgan fingerprint density at radius 1 is 1.00 bits per heavy atom. The van der Waals surface area contributed by atoms with Crippen molar-refractivity contribution < 1.29 is 5.48 Å². The lowest BCUT2D eigenvalue weighted by molar-refractivity contribution is 0.824. The van der Waals surface area contributed by atoms with Gasteiger partial charge in [0, 0.05) is 0 Å². The second kappa shape index (κ2) is 1.49. The van der Waals surface area contributed by atoms with Crippen LogP contribution in [0.5, 0.6) is 0 Å². The number of anilines is 2. The summed E-state index contributed by atoms with van der Waals surface area (Å²) in [5, 5.41) is 3.09. The van der Waals surface area contributed by atoms with E-state index in [-0.39, 0.29) is 5.48 Å². The topological polar surface area (TPSA) is 53.4 Å². The van der Waals surface area contributed by atoms with E-state index in [4.69, 9.17) is 0 Å². The van der Waals surface area contributed by atoms with E-state index in [1.54, 1.807) is 0 Å². The first-order chi connectivity index (χ1) is 3.47. The molecule has 0 saturated heterocycles. The van der Waals surface area contributed by atoms with Gasteiger partial charge in [-0.05, 0) is 12.1 Å². The zero-order valence-corrected chi connectivity index (χ0v) is 4.31. The zero-order chi connectivity index (χ0) is 4.69. The lowest BCUT2D eigenvalue weighted by Gasteiger charge is -1.65. The van der Waals surface area contributed by atoms with Crippen molar-refractivity contribution in [3.05, 3.63) is 24.3 Å². The van der Waals surface area contributed by atoms with E-state index in [1.165, 1.54) is 11.4 Å². The van der Waals surface area contributed by atoms with Crippen LogP contribution in [0.2, 0.25) is 0 Å². The Labute approximate surface area is 47.5 Å².